The number of halogens is 1. The van der Waals surface area contributed by atoms with E-state index >= 15 is 0 Å². The molecule has 1 saturated heterocycles. The molecule has 1 heterocycles. The van der Waals surface area contributed by atoms with Crippen LogP contribution in [0.25, 0.3) is 0 Å². The number of hydroxylamine groups is 1. The normalized spacial score (nSPS) is 18.5. The van der Waals surface area contributed by atoms with Crippen LogP contribution in [0.1, 0.15) is 18.0 Å². The second-order valence-corrected chi connectivity index (χ2v) is 4.44. The Labute approximate surface area is 110 Å². The summed E-state index contributed by atoms with van der Waals surface area (Å²) in [6.45, 7) is 0.708. The summed E-state index contributed by atoms with van der Waals surface area (Å²) in [7, 11) is 0. The molecule has 1 unspecified atom stereocenters. The molecule has 1 atom stereocenters. The van der Waals surface area contributed by atoms with Gasteiger partial charge in [0.05, 0.1) is 12.6 Å². The molecule has 3 nitrogen and oxygen atoms in total. The van der Waals surface area contributed by atoms with Gasteiger partial charge in [-0.3, -0.25) is 0 Å². The lowest BCUT2D eigenvalue weighted by Gasteiger charge is -2.11. The van der Waals surface area contributed by atoms with E-state index in [0.29, 0.717) is 18.1 Å². The van der Waals surface area contributed by atoms with Gasteiger partial charge in [0.15, 0.2) is 0 Å². The molecule has 0 aliphatic carbocycles. The summed E-state index contributed by atoms with van der Waals surface area (Å²) < 4.78 is 18.7. The quantitative estimate of drug-likeness (QED) is 0.913. The highest BCUT2D eigenvalue weighted by Crippen LogP contribution is 2.27. The standard InChI is InChI=1S/C15H14FNO2/c16-12-4-2-6-14(10-12)19-13-5-1-3-11(9-13)15-7-8-18-17-15/h1-6,9-10,15,17H,7-8H2. The van der Waals surface area contributed by atoms with Gasteiger partial charge < -0.3 is 9.57 Å². The highest BCUT2D eigenvalue weighted by molar-refractivity contribution is 5.35. The van der Waals surface area contributed by atoms with Crippen molar-refractivity contribution in [1.29, 1.82) is 0 Å². The van der Waals surface area contributed by atoms with Crippen molar-refractivity contribution in [2.45, 2.75) is 12.5 Å². The molecule has 1 N–H and O–H groups in total. The van der Waals surface area contributed by atoms with Crippen molar-refractivity contribution >= 4 is 0 Å². The number of hydrogen-bond acceptors (Lipinski definition) is 3. The van der Waals surface area contributed by atoms with Crippen LogP contribution in [0, 0.1) is 5.82 Å². The fourth-order valence-electron chi connectivity index (χ4n) is 2.09. The smallest absolute Gasteiger partial charge is 0.130 e. The Morgan fingerprint density at radius 3 is 2.63 bits per heavy atom. The zero-order valence-electron chi connectivity index (χ0n) is 10.3. The summed E-state index contributed by atoms with van der Waals surface area (Å²) in [5.74, 6) is 0.879. The van der Waals surface area contributed by atoms with Gasteiger partial charge in [-0.25, -0.2) is 4.39 Å². The monoisotopic (exact) mass is 259 g/mol. The number of ether oxygens (including phenoxy) is 1. The van der Waals surface area contributed by atoms with E-state index in [4.69, 9.17) is 9.57 Å². The molecule has 0 amide bonds. The molecule has 98 valence electrons. The largest absolute Gasteiger partial charge is 0.457 e. The van der Waals surface area contributed by atoms with Crippen LogP contribution < -0.4 is 10.2 Å². The van der Waals surface area contributed by atoms with Crippen LogP contribution in [0.5, 0.6) is 11.5 Å². The Morgan fingerprint density at radius 2 is 1.89 bits per heavy atom. The maximum Gasteiger partial charge on any atom is 0.130 e. The van der Waals surface area contributed by atoms with Gasteiger partial charge in [0.25, 0.3) is 0 Å². The fourth-order valence-corrected chi connectivity index (χ4v) is 2.09. The second-order valence-electron chi connectivity index (χ2n) is 4.44. The van der Waals surface area contributed by atoms with E-state index in [9.17, 15) is 4.39 Å². The van der Waals surface area contributed by atoms with Crippen LogP contribution >= 0.6 is 0 Å². The molecule has 1 aliphatic heterocycles. The van der Waals surface area contributed by atoms with E-state index in [1.54, 1.807) is 12.1 Å². The Bertz CT molecular complexity index is 568. The van der Waals surface area contributed by atoms with Gasteiger partial charge in [-0.2, -0.15) is 5.48 Å². The second kappa shape index (κ2) is 5.38. The number of rotatable bonds is 3. The third-order valence-corrected chi connectivity index (χ3v) is 3.03. The molecule has 4 heteroatoms. The van der Waals surface area contributed by atoms with Crippen LogP contribution in [0.4, 0.5) is 4.39 Å². The minimum Gasteiger partial charge on any atom is -0.457 e. The van der Waals surface area contributed by atoms with Crippen LogP contribution in [0.2, 0.25) is 0 Å². The molecule has 0 saturated carbocycles. The van der Waals surface area contributed by atoms with Gasteiger partial charge in [0, 0.05) is 6.07 Å². The van der Waals surface area contributed by atoms with Crippen molar-refractivity contribution in [2.24, 2.45) is 0 Å². The molecule has 0 bridgehead atoms. The van der Waals surface area contributed by atoms with Crippen molar-refractivity contribution in [3.05, 3.63) is 59.9 Å². The Balaban J connectivity index is 1.79. The summed E-state index contributed by atoms with van der Waals surface area (Å²) >= 11 is 0. The van der Waals surface area contributed by atoms with Crippen molar-refractivity contribution in [3.8, 4) is 11.5 Å². The summed E-state index contributed by atoms with van der Waals surface area (Å²) in [6.07, 6.45) is 0.934. The first kappa shape index (κ1) is 12.1. The topological polar surface area (TPSA) is 30.5 Å². The maximum atomic E-state index is 13.1. The third-order valence-electron chi connectivity index (χ3n) is 3.03. The molecule has 2 aromatic rings. The first-order chi connectivity index (χ1) is 9.31. The zero-order valence-corrected chi connectivity index (χ0v) is 10.3. The Morgan fingerprint density at radius 1 is 1.11 bits per heavy atom. The van der Waals surface area contributed by atoms with E-state index in [-0.39, 0.29) is 11.9 Å². The highest BCUT2D eigenvalue weighted by atomic mass is 19.1. The van der Waals surface area contributed by atoms with Crippen molar-refractivity contribution in [2.75, 3.05) is 6.61 Å². The van der Waals surface area contributed by atoms with Crippen LogP contribution in [0.15, 0.2) is 48.5 Å². The van der Waals surface area contributed by atoms with E-state index in [2.05, 4.69) is 5.48 Å². The average Bonchev–Trinajstić information content (AvgIpc) is 2.93. The minimum atomic E-state index is -0.306. The third kappa shape index (κ3) is 2.92. The van der Waals surface area contributed by atoms with Crippen LogP contribution in [0.3, 0.4) is 0 Å². The van der Waals surface area contributed by atoms with Gasteiger partial charge >= 0.3 is 0 Å². The highest BCUT2D eigenvalue weighted by Gasteiger charge is 2.17. The zero-order chi connectivity index (χ0) is 13.1. The van der Waals surface area contributed by atoms with Crippen LogP contribution in [-0.2, 0) is 4.84 Å². The number of nitrogens with one attached hydrogen (secondary N) is 1. The Kier molecular flexibility index (Phi) is 3.44. The lowest BCUT2D eigenvalue weighted by atomic mass is 10.1. The molecule has 3 rings (SSSR count). The van der Waals surface area contributed by atoms with E-state index in [1.807, 2.05) is 24.3 Å². The first-order valence-electron chi connectivity index (χ1n) is 6.22. The van der Waals surface area contributed by atoms with Gasteiger partial charge in [-0.05, 0) is 36.2 Å². The van der Waals surface area contributed by atoms with Gasteiger partial charge in [-0.1, -0.05) is 18.2 Å². The molecule has 1 aliphatic rings. The maximum absolute atomic E-state index is 13.1. The van der Waals surface area contributed by atoms with Gasteiger partial charge in [0.1, 0.15) is 17.3 Å². The van der Waals surface area contributed by atoms with E-state index in [0.717, 1.165) is 12.0 Å². The molecule has 0 aromatic heterocycles. The predicted molar refractivity (Wildman–Crippen MR) is 69.4 cm³/mol. The van der Waals surface area contributed by atoms with Gasteiger partial charge in [-0.15, -0.1) is 0 Å². The Hall–Kier alpha value is -1.91. The van der Waals surface area contributed by atoms with E-state index < -0.39 is 0 Å². The van der Waals surface area contributed by atoms with Crippen molar-refractivity contribution in [3.63, 3.8) is 0 Å². The lowest BCUT2D eigenvalue weighted by Crippen LogP contribution is -2.11. The van der Waals surface area contributed by atoms with E-state index in [1.165, 1.54) is 12.1 Å². The number of hydrogen-bond donors (Lipinski definition) is 1. The average molecular weight is 259 g/mol. The molecule has 2 aromatic carbocycles. The van der Waals surface area contributed by atoms with Crippen molar-refractivity contribution < 1.29 is 14.0 Å². The van der Waals surface area contributed by atoms with Crippen LogP contribution in [-0.4, -0.2) is 6.61 Å². The molecule has 1 fully saturated rings. The summed E-state index contributed by atoms with van der Waals surface area (Å²) in [4.78, 5) is 5.14. The molecule has 0 radical (unpaired) electrons. The summed E-state index contributed by atoms with van der Waals surface area (Å²) in [6, 6.07) is 14.0. The molecular formula is C15H14FNO2. The van der Waals surface area contributed by atoms with Gasteiger partial charge in [0.2, 0.25) is 0 Å². The summed E-state index contributed by atoms with van der Waals surface area (Å²) in [5.41, 5.74) is 4.06. The predicted octanol–water partition coefficient (Wildman–Crippen LogP) is 3.58. The molecule has 19 heavy (non-hydrogen) atoms. The van der Waals surface area contributed by atoms with Crippen molar-refractivity contribution in [1.82, 2.24) is 5.48 Å². The number of benzene rings is 2. The minimum absolute atomic E-state index is 0.191. The summed E-state index contributed by atoms with van der Waals surface area (Å²) in [5, 5.41) is 0. The fraction of sp³-hybridized carbons (Fsp3) is 0.200. The molecular weight excluding hydrogens is 245 g/mol. The SMILES string of the molecule is Fc1cccc(Oc2cccc(C3CCON3)c2)c1. The lowest BCUT2D eigenvalue weighted by molar-refractivity contribution is 0.0882. The molecule has 0 spiro atoms. The first-order valence-corrected chi connectivity index (χ1v) is 6.22.